The van der Waals surface area contributed by atoms with Crippen LogP contribution in [0.15, 0.2) is 11.7 Å². The number of aromatic nitrogens is 1. The molecule has 1 aromatic rings. The van der Waals surface area contributed by atoms with Gasteiger partial charge in [-0.05, 0) is 13.8 Å². The lowest BCUT2D eigenvalue weighted by Gasteiger charge is -2.24. The van der Waals surface area contributed by atoms with Crippen molar-refractivity contribution in [3.63, 3.8) is 0 Å². The second-order valence-electron chi connectivity index (χ2n) is 2.40. The van der Waals surface area contributed by atoms with Gasteiger partial charge in [-0.1, -0.05) is 0 Å². The molecule has 0 bridgehead atoms. The summed E-state index contributed by atoms with van der Waals surface area (Å²) in [5.41, 5.74) is 0.498. The highest BCUT2D eigenvalue weighted by atomic mass is 32.1. The third-order valence-corrected chi connectivity index (χ3v) is 3.29. The first-order chi connectivity index (χ1) is 6.79. The Morgan fingerprint density at radius 1 is 1.50 bits per heavy atom. The molecule has 0 amide bonds. The summed E-state index contributed by atoms with van der Waals surface area (Å²) in [4.78, 5) is 4.64. The third kappa shape index (κ3) is 2.36. The van der Waals surface area contributed by atoms with E-state index in [0.29, 0.717) is 13.2 Å². The van der Waals surface area contributed by atoms with Crippen molar-refractivity contribution in [2.24, 2.45) is 0 Å². The second kappa shape index (κ2) is 5.51. The van der Waals surface area contributed by atoms with Gasteiger partial charge in [0.2, 0.25) is 8.46 Å². The van der Waals surface area contributed by atoms with Gasteiger partial charge in [-0.3, -0.25) is 9.55 Å². The molecule has 0 spiro atoms. The number of rotatable bonds is 6. The van der Waals surface area contributed by atoms with Gasteiger partial charge in [0, 0.05) is 19.4 Å². The first-order valence-corrected chi connectivity index (χ1v) is 5.99. The normalized spacial score (nSPS) is 12.1. The fourth-order valence-corrected chi connectivity index (χ4v) is 2.45. The maximum absolute atomic E-state index is 11.1. The summed E-state index contributed by atoms with van der Waals surface area (Å²) in [5, 5.41) is 0. The average molecular weight is 233 g/mol. The first kappa shape index (κ1) is 11.7. The molecule has 0 aromatic carbocycles. The summed E-state index contributed by atoms with van der Waals surface area (Å²) < 4.78 is 21.9. The average Bonchev–Trinajstić information content (AvgIpc) is 2.70. The van der Waals surface area contributed by atoms with Gasteiger partial charge in [0.05, 0.1) is 10.4 Å². The van der Waals surface area contributed by atoms with Gasteiger partial charge in [0.25, 0.3) is 5.53 Å². The summed E-state index contributed by atoms with van der Waals surface area (Å²) >= 11 is 1.37. The molecule has 6 heteroatoms. The van der Waals surface area contributed by atoms with Crippen LogP contribution in [-0.4, -0.2) is 18.2 Å². The Morgan fingerprint density at radius 3 is 2.50 bits per heavy atom. The van der Waals surface area contributed by atoms with Gasteiger partial charge < -0.3 is 9.47 Å². The van der Waals surface area contributed by atoms with E-state index in [0.717, 1.165) is 4.88 Å². The molecule has 1 aromatic heterocycles. The zero-order valence-electron chi connectivity index (χ0n) is 8.10. The van der Waals surface area contributed by atoms with Crippen LogP contribution in [-0.2, 0) is 19.6 Å². The molecular formula is C8H12NO3PS. The van der Waals surface area contributed by atoms with Crippen LogP contribution in [0, 0.1) is 0 Å². The molecule has 0 N–H and O–H groups in total. The van der Waals surface area contributed by atoms with E-state index < -0.39 is 5.53 Å². The van der Waals surface area contributed by atoms with Crippen LogP contribution >= 0.6 is 19.8 Å². The molecule has 1 heterocycles. The van der Waals surface area contributed by atoms with Crippen LogP contribution < -0.4 is 0 Å². The highest BCUT2D eigenvalue weighted by Gasteiger charge is 2.36. The minimum atomic E-state index is -1.16. The predicted molar refractivity (Wildman–Crippen MR) is 54.7 cm³/mol. The molecular weight excluding hydrogens is 221 g/mol. The van der Waals surface area contributed by atoms with Crippen LogP contribution in [0.2, 0.25) is 0 Å². The molecule has 0 unspecified atom stereocenters. The lowest BCUT2D eigenvalue weighted by Crippen LogP contribution is -2.26. The molecule has 0 aliphatic rings. The van der Waals surface area contributed by atoms with E-state index in [1.54, 1.807) is 11.7 Å². The molecule has 0 aliphatic carbocycles. The standard InChI is InChI=1S/C8H12NO3PS/c1-3-11-8(13-10,12-4-2)7-5-9-6-14-7/h5-6H,3-4H2,1-2H3. The zero-order chi connectivity index (χ0) is 10.4. The van der Waals surface area contributed by atoms with Gasteiger partial charge in [0.1, 0.15) is 0 Å². The summed E-state index contributed by atoms with van der Waals surface area (Å²) in [6.07, 6.45) is 1.61. The molecule has 4 nitrogen and oxygen atoms in total. The van der Waals surface area contributed by atoms with Gasteiger partial charge >= 0.3 is 0 Å². The predicted octanol–water partition coefficient (Wildman–Crippen LogP) is 2.62. The van der Waals surface area contributed by atoms with Crippen molar-refractivity contribution in [1.29, 1.82) is 0 Å². The van der Waals surface area contributed by atoms with Crippen molar-refractivity contribution in [2.45, 2.75) is 19.4 Å². The van der Waals surface area contributed by atoms with Crippen LogP contribution in [0.1, 0.15) is 18.7 Å². The molecule has 1 rings (SSSR count). The molecule has 0 saturated carbocycles. The second-order valence-corrected chi connectivity index (χ2v) is 4.06. The smallest absolute Gasteiger partial charge is 0.289 e. The number of hydrogen-bond donors (Lipinski definition) is 0. The van der Waals surface area contributed by atoms with E-state index in [4.69, 9.17) is 9.47 Å². The van der Waals surface area contributed by atoms with Gasteiger partial charge in [0.15, 0.2) is 0 Å². The highest BCUT2D eigenvalue weighted by molar-refractivity contribution is 7.26. The minimum absolute atomic E-state index is 0.198. The van der Waals surface area contributed by atoms with Crippen molar-refractivity contribution in [2.75, 3.05) is 13.2 Å². The lowest BCUT2D eigenvalue weighted by atomic mass is 10.5. The van der Waals surface area contributed by atoms with Crippen LogP contribution in [0.4, 0.5) is 0 Å². The Morgan fingerprint density at radius 2 is 2.14 bits per heavy atom. The summed E-state index contributed by atoms with van der Waals surface area (Å²) in [7, 11) is -0.198. The SMILES string of the molecule is CCOC(OCC)(P=O)c1cncs1. The van der Waals surface area contributed by atoms with E-state index in [1.807, 2.05) is 13.8 Å². The van der Waals surface area contributed by atoms with Crippen molar-refractivity contribution in [3.8, 4) is 0 Å². The van der Waals surface area contributed by atoms with E-state index in [1.165, 1.54) is 11.3 Å². The third-order valence-electron chi connectivity index (χ3n) is 1.54. The Labute approximate surface area is 88.5 Å². The Hall–Kier alpha value is -0.350. The van der Waals surface area contributed by atoms with Crippen LogP contribution in [0.5, 0.6) is 0 Å². The number of nitrogens with zero attached hydrogens (tertiary/aromatic N) is 1. The fourth-order valence-electron chi connectivity index (χ4n) is 1.04. The van der Waals surface area contributed by atoms with Crippen molar-refractivity contribution >= 4 is 19.8 Å². The van der Waals surface area contributed by atoms with Crippen molar-refractivity contribution in [1.82, 2.24) is 4.98 Å². The fraction of sp³-hybridized carbons (Fsp3) is 0.625. The Balaban J connectivity index is 2.94. The van der Waals surface area contributed by atoms with E-state index in [-0.39, 0.29) is 8.46 Å². The van der Waals surface area contributed by atoms with Gasteiger partial charge in [-0.2, -0.15) is 0 Å². The lowest BCUT2D eigenvalue weighted by molar-refractivity contribution is -0.174. The highest BCUT2D eigenvalue weighted by Crippen LogP contribution is 2.39. The molecule has 0 aliphatic heterocycles. The summed E-state index contributed by atoms with van der Waals surface area (Å²) in [5.74, 6) is 0. The van der Waals surface area contributed by atoms with E-state index in [2.05, 4.69) is 4.98 Å². The first-order valence-electron chi connectivity index (χ1n) is 4.30. The molecule has 0 saturated heterocycles. The van der Waals surface area contributed by atoms with Crippen LogP contribution in [0.25, 0.3) is 0 Å². The maximum Gasteiger partial charge on any atom is 0.289 e. The molecule has 78 valence electrons. The van der Waals surface area contributed by atoms with Crippen molar-refractivity contribution < 1.29 is 14.0 Å². The topological polar surface area (TPSA) is 48.4 Å². The molecule has 0 fully saturated rings. The largest absolute Gasteiger partial charge is 0.336 e. The number of thiazole rings is 1. The molecule has 14 heavy (non-hydrogen) atoms. The van der Waals surface area contributed by atoms with Crippen molar-refractivity contribution in [3.05, 3.63) is 16.6 Å². The Kier molecular flexibility index (Phi) is 4.62. The van der Waals surface area contributed by atoms with Gasteiger partial charge in [-0.25, -0.2) is 0 Å². The maximum atomic E-state index is 11.1. The molecule has 0 atom stereocenters. The zero-order valence-corrected chi connectivity index (χ0v) is 9.81. The minimum Gasteiger partial charge on any atom is -0.336 e. The van der Waals surface area contributed by atoms with E-state index >= 15 is 0 Å². The van der Waals surface area contributed by atoms with Crippen LogP contribution in [0.3, 0.4) is 0 Å². The number of hydrogen-bond acceptors (Lipinski definition) is 5. The monoisotopic (exact) mass is 233 g/mol. The van der Waals surface area contributed by atoms with E-state index in [9.17, 15) is 4.57 Å². The summed E-state index contributed by atoms with van der Waals surface area (Å²) in [6, 6.07) is 0. The van der Waals surface area contributed by atoms with Gasteiger partial charge in [-0.15, -0.1) is 11.3 Å². The number of ether oxygens (including phenoxy) is 2. The quantitative estimate of drug-likeness (QED) is 0.559. The molecule has 0 radical (unpaired) electrons. The Bertz CT molecular complexity index is 272. The summed E-state index contributed by atoms with van der Waals surface area (Å²) in [6.45, 7) is 4.54.